The fourth-order valence-corrected chi connectivity index (χ4v) is 6.06. The minimum Gasteiger partial charge on any atom is -0.207 e. The third kappa shape index (κ3) is 3.01. The van der Waals surface area contributed by atoms with Gasteiger partial charge in [-0.05, 0) is 35.9 Å². The number of thioether (sulfide) groups is 1. The molecule has 1 atom stereocenters. The molecule has 0 spiro atoms. The van der Waals surface area contributed by atoms with E-state index >= 15 is 0 Å². The first-order chi connectivity index (χ1) is 10.5. The minimum absolute atomic E-state index is 0.247. The molecule has 1 aliphatic heterocycles. The molecule has 0 radical (unpaired) electrons. The van der Waals surface area contributed by atoms with Crippen LogP contribution in [0.4, 0.5) is 0 Å². The fourth-order valence-electron chi connectivity index (χ4n) is 2.36. The van der Waals surface area contributed by atoms with Crippen molar-refractivity contribution in [1.82, 2.24) is 4.31 Å². The lowest BCUT2D eigenvalue weighted by Crippen LogP contribution is -2.30. The van der Waals surface area contributed by atoms with Crippen molar-refractivity contribution in [2.24, 2.45) is 0 Å². The topological polar surface area (TPSA) is 37.4 Å². The van der Waals surface area contributed by atoms with E-state index in [1.165, 1.54) is 16.4 Å². The van der Waals surface area contributed by atoms with Crippen molar-refractivity contribution in [3.63, 3.8) is 0 Å². The molecule has 116 valence electrons. The van der Waals surface area contributed by atoms with Crippen LogP contribution in [0.1, 0.15) is 10.9 Å². The number of nitrogens with zero attached hydrogens (tertiary/aromatic N) is 1. The highest BCUT2D eigenvalue weighted by molar-refractivity contribution is 8.01. The van der Waals surface area contributed by atoms with Gasteiger partial charge >= 0.3 is 0 Å². The SMILES string of the molecule is O=S(=O)(c1ccc(Cl)cc1)N1CCSC1c1ccccc1Cl. The maximum absolute atomic E-state index is 12.9. The summed E-state index contributed by atoms with van der Waals surface area (Å²) in [6.45, 7) is 0.464. The van der Waals surface area contributed by atoms with Gasteiger partial charge in [0.25, 0.3) is 0 Å². The highest BCUT2D eigenvalue weighted by atomic mass is 35.5. The monoisotopic (exact) mass is 373 g/mol. The molecule has 0 aromatic heterocycles. The molecule has 1 saturated heterocycles. The van der Waals surface area contributed by atoms with Gasteiger partial charge in [-0.15, -0.1) is 11.8 Å². The molecule has 22 heavy (non-hydrogen) atoms. The molecule has 3 rings (SSSR count). The molecule has 0 bridgehead atoms. The van der Waals surface area contributed by atoms with Crippen molar-refractivity contribution in [2.45, 2.75) is 10.3 Å². The molecule has 2 aromatic rings. The van der Waals surface area contributed by atoms with Gasteiger partial charge in [0.2, 0.25) is 10.0 Å². The first-order valence-electron chi connectivity index (χ1n) is 6.63. The number of hydrogen-bond acceptors (Lipinski definition) is 3. The first-order valence-corrected chi connectivity index (χ1v) is 9.88. The Morgan fingerprint density at radius 3 is 2.41 bits per heavy atom. The maximum atomic E-state index is 12.9. The van der Waals surface area contributed by atoms with Crippen molar-refractivity contribution >= 4 is 45.0 Å². The summed E-state index contributed by atoms with van der Waals surface area (Å²) >= 11 is 13.6. The standard InChI is InChI=1S/C15H13Cl2NO2S2/c16-11-5-7-12(8-6-11)22(19,20)18-9-10-21-15(18)13-3-1-2-4-14(13)17/h1-8,15H,9-10H2. The number of hydrogen-bond donors (Lipinski definition) is 0. The number of sulfonamides is 1. The summed E-state index contributed by atoms with van der Waals surface area (Å²) in [4.78, 5) is 0.247. The predicted octanol–water partition coefficient (Wildman–Crippen LogP) is 4.43. The predicted molar refractivity (Wildman–Crippen MR) is 92.0 cm³/mol. The summed E-state index contributed by atoms with van der Waals surface area (Å²) in [6, 6.07) is 13.6. The third-order valence-corrected chi connectivity index (χ3v) is 7.29. The van der Waals surface area contributed by atoms with Crippen molar-refractivity contribution in [2.75, 3.05) is 12.3 Å². The summed E-state index contributed by atoms with van der Waals surface area (Å²) in [5.74, 6) is 0.739. The molecular formula is C15H13Cl2NO2S2. The Hall–Kier alpha value is -0.720. The summed E-state index contributed by atoms with van der Waals surface area (Å²) in [6.07, 6.45) is 0. The average Bonchev–Trinajstić information content (AvgIpc) is 2.98. The zero-order valence-electron chi connectivity index (χ0n) is 11.4. The van der Waals surface area contributed by atoms with Crippen LogP contribution in [0.2, 0.25) is 10.0 Å². The van der Waals surface area contributed by atoms with Crippen molar-refractivity contribution in [3.8, 4) is 0 Å². The maximum Gasteiger partial charge on any atom is 0.244 e. The molecular weight excluding hydrogens is 361 g/mol. The second-order valence-electron chi connectivity index (χ2n) is 4.81. The normalized spacial score (nSPS) is 19.5. The van der Waals surface area contributed by atoms with E-state index in [4.69, 9.17) is 23.2 Å². The van der Waals surface area contributed by atoms with Gasteiger partial charge in [-0.3, -0.25) is 0 Å². The van der Waals surface area contributed by atoms with Crippen LogP contribution < -0.4 is 0 Å². The van der Waals surface area contributed by atoms with E-state index in [1.54, 1.807) is 30.0 Å². The van der Waals surface area contributed by atoms with Crippen LogP contribution in [-0.4, -0.2) is 25.0 Å². The molecule has 1 unspecified atom stereocenters. The van der Waals surface area contributed by atoms with Gasteiger partial charge in [0.1, 0.15) is 0 Å². The van der Waals surface area contributed by atoms with Crippen LogP contribution in [0.5, 0.6) is 0 Å². The Bertz CT molecular complexity index is 778. The molecule has 3 nitrogen and oxygen atoms in total. The summed E-state index contributed by atoms with van der Waals surface area (Å²) < 4.78 is 27.2. The largest absolute Gasteiger partial charge is 0.244 e. The van der Waals surface area contributed by atoms with Crippen molar-refractivity contribution in [3.05, 3.63) is 64.1 Å². The third-order valence-electron chi connectivity index (χ3n) is 3.44. The Balaban J connectivity index is 1.99. The molecule has 0 N–H and O–H groups in total. The van der Waals surface area contributed by atoms with Gasteiger partial charge in [-0.2, -0.15) is 4.31 Å². The molecule has 0 aliphatic carbocycles. The van der Waals surface area contributed by atoms with Gasteiger partial charge in [0.05, 0.1) is 10.3 Å². The lowest BCUT2D eigenvalue weighted by Gasteiger charge is -2.24. The van der Waals surface area contributed by atoms with Crippen LogP contribution in [0.3, 0.4) is 0 Å². The first kappa shape index (κ1) is 16.1. The van der Waals surface area contributed by atoms with Crippen LogP contribution in [0, 0.1) is 0 Å². The fraction of sp³-hybridized carbons (Fsp3) is 0.200. The molecule has 1 aliphatic rings. The summed E-state index contributed by atoms with van der Waals surface area (Å²) in [5, 5.41) is 0.796. The molecule has 0 amide bonds. The van der Waals surface area contributed by atoms with E-state index in [-0.39, 0.29) is 10.3 Å². The Labute approximate surface area is 144 Å². The lowest BCUT2D eigenvalue weighted by atomic mass is 10.2. The van der Waals surface area contributed by atoms with E-state index in [0.29, 0.717) is 16.6 Å². The molecule has 7 heteroatoms. The number of rotatable bonds is 3. The van der Waals surface area contributed by atoms with E-state index in [2.05, 4.69) is 0 Å². The highest BCUT2D eigenvalue weighted by Crippen LogP contribution is 2.43. The highest BCUT2D eigenvalue weighted by Gasteiger charge is 2.37. The summed E-state index contributed by atoms with van der Waals surface area (Å²) in [7, 11) is -3.57. The van der Waals surface area contributed by atoms with Crippen molar-refractivity contribution in [1.29, 1.82) is 0 Å². The quantitative estimate of drug-likeness (QED) is 0.798. The van der Waals surface area contributed by atoms with Gasteiger partial charge in [-0.1, -0.05) is 41.4 Å². The Morgan fingerprint density at radius 2 is 1.73 bits per heavy atom. The van der Waals surface area contributed by atoms with Crippen LogP contribution in [0.25, 0.3) is 0 Å². The Kier molecular flexibility index (Phi) is 4.71. The van der Waals surface area contributed by atoms with Crippen molar-refractivity contribution < 1.29 is 8.42 Å². The van der Waals surface area contributed by atoms with Gasteiger partial charge in [0.15, 0.2) is 0 Å². The molecule has 1 fully saturated rings. The van der Waals surface area contributed by atoms with Gasteiger partial charge < -0.3 is 0 Å². The number of halogens is 2. The van der Waals surface area contributed by atoms with E-state index < -0.39 is 10.0 Å². The summed E-state index contributed by atoms with van der Waals surface area (Å²) in [5.41, 5.74) is 0.823. The van der Waals surface area contributed by atoms with Crippen LogP contribution in [0.15, 0.2) is 53.4 Å². The van der Waals surface area contributed by atoms with Gasteiger partial charge in [0, 0.05) is 22.3 Å². The Morgan fingerprint density at radius 1 is 1.05 bits per heavy atom. The van der Waals surface area contributed by atoms with E-state index in [0.717, 1.165) is 11.3 Å². The smallest absolute Gasteiger partial charge is 0.207 e. The molecule has 2 aromatic carbocycles. The second-order valence-corrected chi connectivity index (χ2v) is 8.74. The molecule has 1 heterocycles. The van der Waals surface area contributed by atoms with E-state index in [1.807, 2.05) is 18.2 Å². The zero-order valence-corrected chi connectivity index (χ0v) is 14.6. The zero-order chi connectivity index (χ0) is 15.7. The second kappa shape index (κ2) is 6.42. The minimum atomic E-state index is -3.57. The van der Waals surface area contributed by atoms with Crippen LogP contribution >= 0.6 is 35.0 Å². The van der Waals surface area contributed by atoms with Crippen LogP contribution in [-0.2, 0) is 10.0 Å². The average molecular weight is 374 g/mol. The number of benzene rings is 2. The van der Waals surface area contributed by atoms with E-state index in [9.17, 15) is 8.42 Å². The lowest BCUT2D eigenvalue weighted by molar-refractivity contribution is 0.434. The van der Waals surface area contributed by atoms with Gasteiger partial charge in [-0.25, -0.2) is 8.42 Å². The molecule has 0 saturated carbocycles.